The number of pyridine rings is 1. The summed E-state index contributed by atoms with van der Waals surface area (Å²) in [4.78, 5) is 12.5. The number of aromatic nitrogens is 3. The van der Waals surface area contributed by atoms with Gasteiger partial charge in [-0.25, -0.2) is 0 Å². The molecule has 0 aliphatic heterocycles. The van der Waals surface area contributed by atoms with Crippen molar-refractivity contribution in [3.05, 3.63) is 59.2 Å². The van der Waals surface area contributed by atoms with Crippen molar-refractivity contribution in [2.75, 3.05) is 18.2 Å². The summed E-state index contributed by atoms with van der Waals surface area (Å²) in [6.07, 6.45) is 0. The summed E-state index contributed by atoms with van der Waals surface area (Å²) in [6.45, 7) is 6.07. The van der Waals surface area contributed by atoms with Gasteiger partial charge in [-0.05, 0) is 56.2 Å². The van der Waals surface area contributed by atoms with E-state index in [4.69, 9.17) is 4.74 Å². The van der Waals surface area contributed by atoms with E-state index in [1.165, 1.54) is 17.3 Å². The average molecular weight is 407 g/mol. The van der Waals surface area contributed by atoms with Gasteiger partial charge in [-0.1, -0.05) is 29.5 Å². The molecule has 0 unspecified atom stereocenters. The van der Waals surface area contributed by atoms with Crippen molar-refractivity contribution >= 4 is 39.9 Å². The fourth-order valence-corrected chi connectivity index (χ4v) is 4.15. The SMILES string of the molecule is COc1ccc2c(C)cc3nnc(SCC(=O)Nc4ccc(C)cc4C)n3c2c1. The lowest BCUT2D eigenvalue weighted by Crippen LogP contribution is -2.15. The van der Waals surface area contributed by atoms with E-state index in [2.05, 4.69) is 21.6 Å². The first-order valence-electron chi connectivity index (χ1n) is 9.28. The molecule has 2 aromatic heterocycles. The smallest absolute Gasteiger partial charge is 0.234 e. The summed E-state index contributed by atoms with van der Waals surface area (Å²) in [5.74, 6) is 0.933. The third kappa shape index (κ3) is 3.78. The van der Waals surface area contributed by atoms with E-state index in [9.17, 15) is 4.79 Å². The summed E-state index contributed by atoms with van der Waals surface area (Å²) in [7, 11) is 1.65. The molecule has 0 bridgehead atoms. The van der Waals surface area contributed by atoms with Crippen molar-refractivity contribution < 1.29 is 9.53 Å². The molecule has 0 saturated carbocycles. The number of fused-ring (bicyclic) bond motifs is 3. The highest BCUT2D eigenvalue weighted by molar-refractivity contribution is 7.99. The maximum atomic E-state index is 12.5. The third-order valence-electron chi connectivity index (χ3n) is 4.86. The lowest BCUT2D eigenvalue weighted by Gasteiger charge is -2.10. The Morgan fingerprint density at radius 3 is 2.66 bits per heavy atom. The van der Waals surface area contributed by atoms with Crippen LogP contribution in [0.3, 0.4) is 0 Å². The minimum Gasteiger partial charge on any atom is -0.497 e. The summed E-state index contributed by atoms with van der Waals surface area (Å²) in [6, 6.07) is 13.9. The average Bonchev–Trinajstić information content (AvgIpc) is 3.11. The fourth-order valence-electron chi connectivity index (χ4n) is 3.39. The quantitative estimate of drug-likeness (QED) is 0.493. The standard InChI is InChI=1S/C22H22N4O2S/c1-13-5-8-18(15(3)9-13)23-21(27)12-29-22-25-24-20-10-14(2)17-7-6-16(28-4)11-19(17)26(20)22/h5-11H,12H2,1-4H3,(H,23,27). The maximum Gasteiger partial charge on any atom is 0.234 e. The van der Waals surface area contributed by atoms with Crippen LogP contribution in [0.1, 0.15) is 16.7 Å². The van der Waals surface area contributed by atoms with Gasteiger partial charge in [-0.2, -0.15) is 0 Å². The second kappa shape index (κ2) is 7.75. The number of carbonyl (C=O) groups excluding carboxylic acids is 1. The number of nitrogens with one attached hydrogen (secondary N) is 1. The highest BCUT2D eigenvalue weighted by Gasteiger charge is 2.14. The van der Waals surface area contributed by atoms with Crippen LogP contribution >= 0.6 is 11.8 Å². The van der Waals surface area contributed by atoms with E-state index in [0.29, 0.717) is 5.16 Å². The number of amides is 1. The van der Waals surface area contributed by atoms with E-state index in [-0.39, 0.29) is 11.7 Å². The van der Waals surface area contributed by atoms with Crippen LogP contribution < -0.4 is 10.1 Å². The van der Waals surface area contributed by atoms with Gasteiger partial charge in [0.2, 0.25) is 5.91 Å². The van der Waals surface area contributed by atoms with Crippen molar-refractivity contribution in [2.45, 2.75) is 25.9 Å². The zero-order valence-corrected chi connectivity index (χ0v) is 17.6. The highest BCUT2D eigenvalue weighted by Crippen LogP contribution is 2.28. The number of thioether (sulfide) groups is 1. The summed E-state index contributed by atoms with van der Waals surface area (Å²) in [5.41, 5.74) is 5.87. The number of carbonyl (C=O) groups is 1. The van der Waals surface area contributed by atoms with Crippen molar-refractivity contribution in [1.29, 1.82) is 0 Å². The minimum absolute atomic E-state index is 0.0762. The fraction of sp³-hybridized carbons (Fsp3) is 0.227. The second-order valence-corrected chi connectivity index (χ2v) is 7.98. The summed E-state index contributed by atoms with van der Waals surface area (Å²) < 4.78 is 7.36. The number of methoxy groups -OCH3 is 1. The van der Waals surface area contributed by atoms with Crippen LogP contribution in [0.15, 0.2) is 47.6 Å². The predicted octanol–water partition coefficient (Wildman–Crippen LogP) is 4.55. The van der Waals surface area contributed by atoms with Gasteiger partial charge in [-0.3, -0.25) is 9.20 Å². The number of anilines is 1. The van der Waals surface area contributed by atoms with E-state index >= 15 is 0 Å². The first-order chi connectivity index (χ1) is 14.0. The Kier molecular flexibility index (Phi) is 5.15. The number of nitrogens with zero attached hydrogens (tertiary/aromatic N) is 3. The van der Waals surface area contributed by atoms with Crippen molar-refractivity contribution in [3.8, 4) is 5.75 Å². The van der Waals surface area contributed by atoms with E-state index in [0.717, 1.165) is 39.1 Å². The molecule has 4 rings (SSSR count). The normalized spacial score (nSPS) is 11.2. The molecule has 1 N–H and O–H groups in total. The predicted molar refractivity (Wildman–Crippen MR) is 117 cm³/mol. The zero-order valence-electron chi connectivity index (χ0n) is 16.8. The molecule has 0 radical (unpaired) electrons. The van der Waals surface area contributed by atoms with E-state index < -0.39 is 0 Å². The highest BCUT2D eigenvalue weighted by atomic mass is 32.2. The van der Waals surface area contributed by atoms with Gasteiger partial charge < -0.3 is 10.1 Å². The van der Waals surface area contributed by atoms with Gasteiger partial charge in [0.25, 0.3) is 0 Å². The maximum absolute atomic E-state index is 12.5. The molecule has 0 aliphatic rings. The third-order valence-corrected chi connectivity index (χ3v) is 5.79. The second-order valence-electron chi connectivity index (χ2n) is 7.04. The van der Waals surface area contributed by atoms with E-state index in [1.54, 1.807) is 7.11 Å². The molecule has 7 heteroatoms. The van der Waals surface area contributed by atoms with Crippen LogP contribution in [0.2, 0.25) is 0 Å². The molecule has 0 fully saturated rings. The summed E-state index contributed by atoms with van der Waals surface area (Å²) >= 11 is 1.36. The molecule has 2 heterocycles. The number of hydrogen-bond acceptors (Lipinski definition) is 5. The van der Waals surface area contributed by atoms with Crippen LogP contribution in [-0.4, -0.2) is 33.4 Å². The molecule has 0 aliphatic carbocycles. The molecule has 2 aromatic carbocycles. The minimum atomic E-state index is -0.0762. The molecular weight excluding hydrogens is 384 g/mol. The van der Waals surface area contributed by atoms with Crippen LogP contribution in [0.25, 0.3) is 16.6 Å². The first-order valence-corrected chi connectivity index (χ1v) is 10.3. The van der Waals surface area contributed by atoms with Crippen molar-refractivity contribution in [1.82, 2.24) is 14.6 Å². The van der Waals surface area contributed by atoms with Gasteiger partial charge in [0.05, 0.1) is 18.4 Å². The Bertz CT molecular complexity index is 1230. The number of ether oxygens (including phenoxy) is 1. The molecule has 148 valence electrons. The van der Waals surface area contributed by atoms with Crippen molar-refractivity contribution in [3.63, 3.8) is 0 Å². The number of hydrogen-bond donors (Lipinski definition) is 1. The zero-order chi connectivity index (χ0) is 20.5. The Morgan fingerprint density at radius 1 is 1.07 bits per heavy atom. The van der Waals surface area contributed by atoms with Gasteiger partial charge in [0.1, 0.15) is 5.75 Å². The molecule has 0 saturated heterocycles. The topological polar surface area (TPSA) is 68.5 Å². The number of benzene rings is 2. The van der Waals surface area contributed by atoms with Gasteiger partial charge in [0, 0.05) is 17.1 Å². The molecule has 4 aromatic rings. The van der Waals surface area contributed by atoms with Crippen LogP contribution in [0.4, 0.5) is 5.69 Å². The van der Waals surface area contributed by atoms with Crippen LogP contribution in [0.5, 0.6) is 5.75 Å². The largest absolute Gasteiger partial charge is 0.497 e. The number of rotatable bonds is 5. The Morgan fingerprint density at radius 2 is 1.90 bits per heavy atom. The number of aryl methyl sites for hydroxylation is 3. The van der Waals surface area contributed by atoms with Crippen LogP contribution in [-0.2, 0) is 4.79 Å². The lowest BCUT2D eigenvalue weighted by atomic mass is 10.1. The Balaban J connectivity index is 1.61. The van der Waals surface area contributed by atoms with E-state index in [1.807, 2.05) is 61.6 Å². The summed E-state index contributed by atoms with van der Waals surface area (Å²) in [5, 5.41) is 13.3. The Labute approximate surface area is 173 Å². The van der Waals surface area contributed by atoms with Gasteiger partial charge in [0.15, 0.2) is 10.8 Å². The van der Waals surface area contributed by atoms with Crippen molar-refractivity contribution in [2.24, 2.45) is 0 Å². The lowest BCUT2D eigenvalue weighted by molar-refractivity contribution is -0.113. The molecule has 0 spiro atoms. The molecular formula is C22H22N4O2S. The Hall–Kier alpha value is -3.06. The molecule has 6 nitrogen and oxygen atoms in total. The molecule has 1 amide bonds. The van der Waals surface area contributed by atoms with Crippen LogP contribution in [0, 0.1) is 20.8 Å². The van der Waals surface area contributed by atoms with Gasteiger partial charge >= 0.3 is 0 Å². The molecule has 29 heavy (non-hydrogen) atoms. The monoisotopic (exact) mass is 406 g/mol. The molecule has 0 atom stereocenters. The van der Waals surface area contributed by atoms with Gasteiger partial charge in [-0.15, -0.1) is 10.2 Å². The first kappa shape index (κ1) is 19.3.